The van der Waals surface area contributed by atoms with Crippen LogP contribution >= 0.6 is 0 Å². The van der Waals surface area contributed by atoms with Crippen molar-refractivity contribution >= 4 is 22.7 Å². The molecule has 1 aliphatic rings. The predicted octanol–water partition coefficient (Wildman–Crippen LogP) is 1.06. The van der Waals surface area contributed by atoms with E-state index in [1.165, 1.54) is 6.20 Å². The van der Waals surface area contributed by atoms with Crippen molar-refractivity contribution < 1.29 is 19.1 Å². The van der Waals surface area contributed by atoms with Crippen LogP contribution in [-0.2, 0) is 16.1 Å². The number of morpholine rings is 1. The fraction of sp³-hybridized carbons (Fsp3) is 0.300. The second-order valence-corrected chi connectivity index (χ2v) is 6.69. The van der Waals surface area contributed by atoms with Gasteiger partial charge < -0.3 is 20.1 Å². The third-order valence-electron chi connectivity index (χ3n) is 4.87. The van der Waals surface area contributed by atoms with Gasteiger partial charge in [-0.3, -0.25) is 19.3 Å². The normalized spacial score (nSPS) is 14.2. The van der Waals surface area contributed by atoms with E-state index in [4.69, 9.17) is 15.2 Å². The highest BCUT2D eigenvalue weighted by molar-refractivity contribution is 6.00. The lowest BCUT2D eigenvalue weighted by atomic mass is 10.0. The third kappa shape index (κ3) is 3.77. The minimum atomic E-state index is -0.616. The van der Waals surface area contributed by atoms with Gasteiger partial charge in [0.25, 0.3) is 5.91 Å². The fourth-order valence-corrected chi connectivity index (χ4v) is 3.43. The van der Waals surface area contributed by atoms with Crippen LogP contribution in [0.25, 0.3) is 22.0 Å². The maximum absolute atomic E-state index is 12.5. The molecule has 3 aromatic rings. The Bertz CT molecular complexity index is 1070. The van der Waals surface area contributed by atoms with E-state index in [1.54, 1.807) is 41.1 Å². The van der Waals surface area contributed by atoms with Crippen LogP contribution in [-0.4, -0.2) is 64.9 Å². The number of fused-ring (bicyclic) bond motifs is 1. The van der Waals surface area contributed by atoms with Crippen LogP contribution in [0.2, 0.25) is 0 Å². The summed E-state index contributed by atoms with van der Waals surface area (Å²) in [5, 5.41) is 5.31. The zero-order valence-electron chi connectivity index (χ0n) is 16.0. The maximum atomic E-state index is 12.5. The number of benzene rings is 1. The second-order valence-electron chi connectivity index (χ2n) is 6.69. The third-order valence-corrected chi connectivity index (χ3v) is 4.87. The van der Waals surface area contributed by atoms with Crippen molar-refractivity contribution in [1.82, 2.24) is 19.7 Å². The molecule has 1 fully saturated rings. The molecular weight excluding hydrogens is 374 g/mol. The summed E-state index contributed by atoms with van der Waals surface area (Å²) < 4.78 is 12.4. The van der Waals surface area contributed by atoms with Gasteiger partial charge in [-0.2, -0.15) is 5.10 Å². The van der Waals surface area contributed by atoms with Gasteiger partial charge in [0.05, 0.1) is 25.8 Å². The zero-order valence-corrected chi connectivity index (χ0v) is 16.0. The van der Waals surface area contributed by atoms with Crippen LogP contribution in [0, 0.1) is 0 Å². The van der Waals surface area contributed by atoms with E-state index in [1.807, 2.05) is 6.07 Å². The highest BCUT2D eigenvalue weighted by atomic mass is 16.5. The Kier molecular flexibility index (Phi) is 5.13. The lowest BCUT2D eigenvalue weighted by Crippen LogP contribution is -2.42. The molecule has 0 spiro atoms. The van der Waals surface area contributed by atoms with Crippen molar-refractivity contribution in [3.05, 3.63) is 42.4 Å². The molecule has 9 heteroatoms. The number of pyridine rings is 1. The summed E-state index contributed by atoms with van der Waals surface area (Å²) in [6, 6.07) is 7.14. The van der Waals surface area contributed by atoms with Crippen LogP contribution in [0.4, 0.5) is 0 Å². The number of aromatic nitrogens is 3. The molecule has 1 aromatic carbocycles. The molecule has 2 amide bonds. The first kappa shape index (κ1) is 18.9. The molecule has 4 rings (SSSR count). The summed E-state index contributed by atoms with van der Waals surface area (Å²) in [5.41, 5.74) is 7.59. The number of ether oxygens (including phenoxy) is 2. The van der Waals surface area contributed by atoms with Crippen molar-refractivity contribution in [3.8, 4) is 16.9 Å². The van der Waals surface area contributed by atoms with Crippen LogP contribution in [0.1, 0.15) is 10.5 Å². The minimum Gasteiger partial charge on any atom is -0.496 e. The predicted molar refractivity (Wildman–Crippen MR) is 105 cm³/mol. The fourth-order valence-electron chi connectivity index (χ4n) is 3.43. The van der Waals surface area contributed by atoms with Gasteiger partial charge in [-0.1, -0.05) is 6.07 Å². The number of hydrogen-bond acceptors (Lipinski definition) is 6. The molecule has 0 unspecified atom stereocenters. The van der Waals surface area contributed by atoms with Gasteiger partial charge in [0.1, 0.15) is 18.0 Å². The van der Waals surface area contributed by atoms with Gasteiger partial charge in [0.15, 0.2) is 0 Å². The molecule has 3 heterocycles. The van der Waals surface area contributed by atoms with Gasteiger partial charge >= 0.3 is 0 Å². The quantitative estimate of drug-likeness (QED) is 0.691. The Morgan fingerprint density at radius 2 is 2.03 bits per heavy atom. The maximum Gasteiger partial charge on any atom is 0.267 e. The highest BCUT2D eigenvalue weighted by Crippen LogP contribution is 2.35. The van der Waals surface area contributed by atoms with E-state index in [0.29, 0.717) is 48.7 Å². The van der Waals surface area contributed by atoms with Crippen LogP contribution < -0.4 is 10.5 Å². The zero-order chi connectivity index (χ0) is 20.4. The molecule has 0 radical (unpaired) electrons. The average Bonchev–Trinajstić information content (AvgIpc) is 3.14. The number of nitrogens with two attached hydrogens (primary N) is 1. The second kappa shape index (κ2) is 7.88. The molecule has 1 aliphatic heterocycles. The molecule has 1 saturated heterocycles. The Labute approximate surface area is 167 Å². The smallest absolute Gasteiger partial charge is 0.267 e. The van der Waals surface area contributed by atoms with E-state index >= 15 is 0 Å². The largest absolute Gasteiger partial charge is 0.496 e. The van der Waals surface area contributed by atoms with Crippen molar-refractivity contribution in [3.63, 3.8) is 0 Å². The molecule has 150 valence electrons. The van der Waals surface area contributed by atoms with Gasteiger partial charge in [-0.25, -0.2) is 0 Å². The number of rotatable bonds is 5. The number of carbonyl (C=O) groups is 2. The lowest BCUT2D eigenvalue weighted by molar-refractivity contribution is -0.136. The summed E-state index contributed by atoms with van der Waals surface area (Å²) in [5.74, 6) is -0.0797. The van der Waals surface area contributed by atoms with E-state index in [9.17, 15) is 9.59 Å². The molecule has 9 nitrogen and oxygen atoms in total. The van der Waals surface area contributed by atoms with Gasteiger partial charge in [-0.05, 0) is 12.1 Å². The van der Waals surface area contributed by atoms with Gasteiger partial charge in [0, 0.05) is 48.1 Å². The molecule has 0 bridgehead atoms. The lowest BCUT2D eigenvalue weighted by Gasteiger charge is -2.26. The molecule has 0 atom stereocenters. The summed E-state index contributed by atoms with van der Waals surface area (Å²) in [6.07, 6.45) is 3.32. The molecule has 0 aliphatic carbocycles. The Balaban J connectivity index is 1.69. The number of primary amides is 1. The van der Waals surface area contributed by atoms with E-state index in [-0.39, 0.29) is 18.1 Å². The molecule has 29 heavy (non-hydrogen) atoms. The number of nitrogens with zero attached hydrogens (tertiary/aromatic N) is 4. The molecule has 2 aromatic heterocycles. The summed E-state index contributed by atoms with van der Waals surface area (Å²) in [4.78, 5) is 30.2. The standard InChI is InChI=1S/C20H21N5O4/c1-28-17-10-16-13(9-15(17)14-3-2-4-22-19(14)20(21)27)11-25(23-16)12-18(26)24-5-7-29-8-6-24/h2-4,9-11H,5-8,12H2,1H3,(H2,21,27). The molecule has 2 N–H and O–H groups in total. The summed E-state index contributed by atoms with van der Waals surface area (Å²) in [6.45, 7) is 2.44. The first-order valence-electron chi connectivity index (χ1n) is 9.22. The number of hydrogen-bond donors (Lipinski definition) is 1. The molecule has 0 saturated carbocycles. The van der Waals surface area contributed by atoms with E-state index in [0.717, 1.165) is 5.39 Å². The SMILES string of the molecule is COc1cc2nn(CC(=O)N3CCOCC3)cc2cc1-c1cccnc1C(N)=O. The van der Waals surface area contributed by atoms with E-state index < -0.39 is 5.91 Å². The van der Waals surface area contributed by atoms with Crippen LogP contribution in [0.3, 0.4) is 0 Å². The summed E-state index contributed by atoms with van der Waals surface area (Å²) in [7, 11) is 1.55. The van der Waals surface area contributed by atoms with Crippen LogP contribution in [0.5, 0.6) is 5.75 Å². The van der Waals surface area contributed by atoms with Gasteiger partial charge in [0.2, 0.25) is 5.91 Å². The highest BCUT2D eigenvalue weighted by Gasteiger charge is 2.19. The molecular formula is C20H21N5O4. The average molecular weight is 395 g/mol. The Hall–Kier alpha value is -3.46. The topological polar surface area (TPSA) is 113 Å². The minimum absolute atomic E-state index is 0.00318. The first-order valence-corrected chi connectivity index (χ1v) is 9.22. The van der Waals surface area contributed by atoms with Crippen molar-refractivity contribution in [1.29, 1.82) is 0 Å². The number of amides is 2. The van der Waals surface area contributed by atoms with Crippen LogP contribution in [0.15, 0.2) is 36.7 Å². The first-order chi connectivity index (χ1) is 14.1. The van der Waals surface area contributed by atoms with Crippen molar-refractivity contribution in [2.75, 3.05) is 33.4 Å². The van der Waals surface area contributed by atoms with Crippen molar-refractivity contribution in [2.45, 2.75) is 6.54 Å². The van der Waals surface area contributed by atoms with Crippen molar-refractivity contribution in [2.24, 2.45) is 5.73 Å². The summed E-state index contributed by atoms with van der Waals surface area (Å²) >= 11 is 0. The number of methoxy groups -OCH3 is 1. The Morgan fingerprint density at radius 3 is 2.76 bits per heavy atom. The van der Waals surface area contributed by atoms with E-state index in [2.05, 4.69) is 10.1 Å². The monoisotopic (exact) mass is 395 g/mol. The van der Waals surface area contributed by atoms with Gasteiger partial charge in [-0.15, -0.1) is 0 Å². The number of carbonyl (C=O) groups excluding carboxylic acids is 2. The Morgan fingerprint density at radius 1 is 1.24 bits per heavy atom.